The maximum Gasteiger partial charge on any atom is 0.248 e. The van der Waals surface area contributed by atoms with Crippen LogP contribution in [0.15, 0.2) is 49.1 Å². The number of Topliss-reactive ketones (excluding diaryl/α,β-unsaturated/α-hetero) is 1. The van der Waals surface area contributed by atoms with Crippen LogP contribution in [0, 0.1) is 41.4 Å². The number of benzene rings is 1. The fourth-order valence-electron chi connectivity index (χ4n) is 7.79. The van der Waals surface area contributed by atoms with Crippen molar-refractivity contribution >= 4 is 11.7 Å². The summed E-state index contributed by atoms with van der Waals surface area (Å²) in [5.41, 5.74) is -0.799. The molecule has 1 aromatic carbocycles. The lowest BCUT2D eigenvalue weighted by molar-refractivity contribution is -0.181. The first kappa shape index (κ1) is 23.0. The number of carbonyl (C=O) groups excluding carboxylic acids is 2. The van der Waals surface area contributed by atoms with Crippen LogP contribution in [-0.4, -0.2) is 41.3 Å². The molecule has 186 valence electrons. The summed E-state index contributed by atoms with van der Waals surface area (Å²) in [5, 5.41) is 14.2. The lowest BCUT2D eigenvalue weighted by Crippen LogP contribution is -2.64. The van der Waals surface area contributed by atoms with Gasteiger partial charge in [0.25, 0.3) is 0 Å². The van der Waals surface area contributed by atoms with Crippen LogP contribution in [0.3, 0.4) is 0 Å². The Hall–Kier alpha value is -2.44. The van der Waals surface area contributed by atoms with Gasteiger partial charge in [-0.05, 0) is 54.2 Å². The summed E-state index contributed by atoms with van der Waals surface area (Å²) in [4.78, 5) is 26.2. The maximum atomic E-state index is 14.1. The molecule has 0 spiro atoms. The Kier molecular flexibility index (Phi) is 5.65. The number of nitrogens with one attached hydrogen (secondary N) is 1. The first-order chi connectivity index (χ1) is 16.9. The molecule has 6 nitrogen and oxygen atoms in total. The van der Waals surface area contributed by atoms with Crippen LogP contribution >= 0.6 is 0 Å². The second-order valence-electron chi connectivity index (χ2n) is 11.5. The highest BCUT2D eigenvalue weighted by atomic mass is 16.5. The van der Waals surface area contributed by atoms with E-state index in [1.165, 1.54) is 6.42 Å². The van der Waals surface area contributed by atoms with Gasteiger partial charge >= 0.3 is 0 Å². The smallest absolute Gasteiger partial charge is 0.248 e. The van der Waals surface area contributed by atoms with Gasteiger partial charge in [0.2, 0.25) is 5.91 Å². The number of amides is 1. The molecule has 3 heterocycles. The van der Waals surface area contributed by atoms with E-state index in [1.807, 2.05) is 30.3 Å². The number of ketones is 1. The van der Waals surface area contributed by atoms with E-state index in [0.717, 1.165) is 24.2 Å². The molecule has 0 aromatic heterocycles. The molecule has 2 N–H and O–H groups in total. The average Bonchev–Trinajstić information content (AvgIpc) is 3.13. The van der Waals surface area contributed by atoms with Gasteiger partial charge in [0, 0.05) is 30.6 Å². The summed E-state index contributed by atoms with van der Waals surface area (Å²) < 4.78 is 12.6. The fraction of sp³-hybridized carbons (Fsp3) is 0.586. The Bertz CT molecular complexity index is 1050. The molecule has 3 fully saturated rings. The van der Waals surface area contributed by atoms with Crippen LogP contribution in [0.1, 0.15) is 38.2 Å². The van der Waals surface area contributed by atoms with Crippen molar-refractivity contribution < 1.29 is 24.2 Å². The number of morpholine rings is 1. The molecule has 10 atom stereocenters. The number of hydrogen-bond donors (Lipinski definition) is 2. The van der Waals surface area contributed by atoms with Gasteiger partial charge in [-0.1, -0.05) is 43.7 Å². The summed E-state index contributed by atoms with van der Waals surface area (Å²) >= 11 is 0. The number of carbonyl (C=O) groups is 2. The fourth-order valence-corrected chi connectivity index (χ4v) is 7.79. The Morgan fingerprint density at radius 3 is 2.71 bits per heavy atom. The summed E-state index contributed by atoms with van der Waals surface area (Å²) in [6, 6.07) is 7.77. The number of aliphatic hydroxyl groups is 1. The molecule has 7 rings (SSSR count). The largest absolute Gasteiger partial charge is 0.490 e. The minimum absolute atomic E-state index is 0.0403. The third-order valence-corrected chi connectivity index (χ3v) is 9.35. The molecule has 2 bridgehead atoms. The molecule has 6 heteroatoms. The predicted octanol–water partition coefficient (Wildman–Crippen LogP) is 3.44. The zero-order valence-electron chi connectivity index (χ0n) is 20.3. The normalized spacial score (nSPS) is 44.5. The Morgan fingerprint density at radius 1 is 1.14 bits per heavy atom. The highest BCUT2D eigenvalue weighted by Crippen LogP contribution is 2.57. The molecule has 3 aliphatic carbocycles. The first-order valence-corrected chi connectivity index (χ1v) is 13.1. The van der Waals surface area contributed by atoms with Gasteiger partial charge in [-0.15, -0.1) is 6.58 Å². The molecule has 3 aliphatic heterocycles. The molecular weight excluding hydrogens is 442 g/mol. The van der Waals surface area contributed by atoms with E-state index in [4.69, 9.17) is 9.47 Å². The number of ether oxygens (including phenoxy) is 2. The summed E-state index contributed by atoms with van der Waals surface area (Å²) in [5.74, 6) is 2.00. The molecule has 2 saturated carbocycles. The molecule has 1 aromatic rings. The van der Waals surface area contributed by atoms with E-state index >= 15 is 0 Å². The SMILES string of the molecule is C=C[C@H]1C=C[C@H]2[C@@H]3C[C@H](C)CC[C@H]3[C@@H]3Oc4ccc(cc4)C[C@]4(O)NC(=O)CO[C@@H]4CC(=O)[C@@H]1[C@H]23. The second-order valence-corrected chi connectivity index (χ2v) is 11.5. The van der Waals surface area contributed by atoms with Crippen LogP contribution in [0.2, 0.25) is 0 Å². The van der Waals surface area contributed by atoms with E-state index < -0.39 is 11.8 Å². The van der Waals surface area contributed by atoms with E-state index in [9.17, 15) is 14.7 Å². The van der Waals surface area contributed by atoms with Crippen LogP contribution in [0.4, 0.5) is 0 Å². The van der Waals surface area contributed by atoms with Gasteiger partial charge in [0.05, 0.1) is 0 Å². The van der Waals surface area contributed by atoms with E-state index in [2.05, 4.69) is 31.0 Å². The molecule has 1 saturated heterocycles. The van der Waals surface area contributed by atoms with Crippen LogP contribution in [0.5, 0.6) is 5.75 Å². The predicted molar refractivity (Wildman–Crippen MR) is 130 cm³/mol. The highest BCUT2D eigenvalue weighted by molar-refractivity contribution is 5.84. The Balaban J connectivity index is 1.45. The van der Waals surface area contributed by atoms with Crippen LogP contribution in [0.25, 0.3) is 0 Å². The molecule has 6 aliphatic rings. The van der Waals surface area contributed by atoms with Crippen molar-refractivity contribution in [3.8, 4) is 5.75 Å². The number of rotatable bonds is 1. The van der Waals surface area contributed by atoms with Crippen molar-refractivity contribution in [2.45, 2.75) is 57.0 Å². The van der Waals surface area contributed by atoms with E-state index in [-0.39, 0.29) is 60.9 Å². The average molecular weight is 478 g/mol. The summed E-state index contributed by atoms with van der Waals surface area (Å²) in [7, 11) is 0. The van der Waals surface area contributed by atoms with E-state index in [0.29, 0.717) is 17.8 Å². The van der Waals surface area contributed by atoms with Gasteiger partial charge < -0.3 is 19.9 Å². The van der Waals surface area contributed by atoms with Gasteiger partial charge in [-0.3, -0.25) is 9.59 Å². The Labute approximate surface area is 206 Å². The van der Waals surface area contributed by atoms with Crippen LogP contribution < -0.4 is 10.1 Å². The third-order valence-electron chi connectivity index (χ3n) is 9.35. The van der Waals surface area contributed by atoms with Gasteiger partial charge in [0.15, 0.2) is 5.72 Å². The van der Waals surface area contributed by atoms with Gasteiger partial charge in [-0.25, -0.2) is 0 Å². The zero-order valence-corrected chi connectivity index (χ0v) is 20.3. The van der Waals surface area contributed by atoms with Crippen molar-refractivity contribution in [1.82, 2.24) is 5.32 Å². The molecule has 35 heavy (non-hydrogen) atoms. The molecular formula is C29H35NO5. The molecule has 0 unspecified atom stereocenters. The first-order valence-electron chi connectivity index (χ1n) is 13.1. The minimum atomic E-state index is -1.65. The molecule has 1 amide bonds. The van der Waals surface area contributed by atoms with Gasteiger partial charge in [0.1, 0.15) is 30.3 Å². The lowest BCUT2D eigenvalue weighted by Gasteiger charge is -2.42. The standard InChI is InChI=1S/C29H35NO5/c1-3-18-7-11-20-22-12-16(2)4-10-21(22)28-27(20)26(18)23(31)13-24-29(33,30-25(32)15-34-24)14-17-5-8-19(35-28)9-6-17/h3,5-9,11,16,18,20-22,24,26-28,33H,1,4,10,12-15H2,2H3,(H,30,32)/t16-,18+,20+,21-,22+,24-,26-,27+,28+,29-/m1/s1. The van der Waals surface area contributed by atoms with Crippen LogP contribution in [-0.2, 0) is 20.7 Å². The molecule has 0 radical (unpaired) electrons. The quantitative estimate of drug-likeness (QED) is 0.606. The van der Waals surface area contributed by atoms with Crippen molar-refractivity contribution in [2.75, 3.05) is 6.61 Å². The summed E-state index contributed by atoms with van der Waals surface area (Å²) in [6.07, 6.45) is 9.17. The number of allylic oxidation sites excluding steroid dienone is 3. The number of hydrogen-bond acceptors (Lipinski definition) is 5. The number of fused-ring (bicyclic) bond motifs is 5. The third kappa shape index (κ3) is 3.86. The minimum Gasteiger partial charge on any atom is -0.490 e. The van der Waals surface area contributed by atoms with Crippen molar-refractivity contribution in [3.05, 3.63) is 54.6 Å². The summed E-state index contributed by atoms with van der Waals surface area (Å²) in [6.45, 7) is 6.23. The van der Waals surface area contributed by atoms with Gasteiger partial charge in [-0.2, -0.15) is 0 Å². The monoisotopic (exact) mass is 477 g/mol. The van der Waals surface area contributed by atoms with Crippen molar-refractivity contribution in [2.24, 2.45) is 41.4 Å². The zero-order chi connectivity index (χ0) is 24.3. The van der Waals surface area contributed by atoms with E-state index in [1.54, 1.807) is 0 Å². The van der Waals surface area contributed by atoms with Crippen molar-refractivity contribution in [3.63, 3.8) is 0 Å². The second kappa shape index (κ2) is 8.59. The topological polar surface area (TPSA) is 84.9 Å². The Morgan fingerprint density at radius 2 is 1.94 bits per heavy atom. The van der Waals surface area contributed by atoms with Crippen molar-refractivity contribution in [1.29, 1.82) is 0 Å². The lowest BCUT2D eigenvalue weighted by atomic mass is 9.66. The maximum absolute atomic E-state index is 14.1. The highest BCUT2D eigenvalue weighted by Gasteiger charge is 2.58.